The average Bonchev–Trinajstić information content (AvgIpc) is 2.37. The van der Waals surface area contributed by atoms with Crippen LogP contribution in [0.2, 0.25) is 0 Å². The van der Waals surface area contributed by atoms with Crippen molar-refractivity contribution in [2.45, 2.75) is 45.7 Å². The van der Waals surface area contributed by atoms with Crippen LogP contribution in [0.25, 0.3) is 0 Å². The molecule has 1 aliphatic heterocycles. The SMILES string of the molecule is CC(C)CC1CN(C/C=C/Cl)C(C)CCN1. The lowest BCUT2D eigenvalue weighted by Crippen LogP contribution is -2.40. The summed E-state index contributed by atoms with van der Waals surface area (Å²) < 4.78 is 0. The standard InChI is InChI=1S/C13H25ClN2/c1-11(2)9-13-10-16(8-4-6-14)12(3)5-7-15-13/h4,6,11-13,15H,5,7-10H2,1-3H3/b6-4+. The van der Waals surface area contributed by atoms with Crippen molar-refractivity contribution in [2.24, 2.45) is 5.92 Å². The predicted molar refractivity (Wildman–Crippen MR) is 71.9 cm³/mol. The summed E-state index contributed by atoms with van der Waals surface area (Å²) in [6.07, 6.45) is 4.52. The van der Waals surface area contributed by atoms with Crippen LogP contribution in [0.15, 0.2) is 11.6 Å². The monoisotopic (exact) mass is 244 g/mol. The Labute approximate surface area is 105 Å². The lowest BCUT2D eigenvalue weighted by atomic mass is 10.0. The predicted octanol–water partition coefficient (Wildman–Crippen LogP) is 2.84. The molecule has 1 N–H and O–H groups in total. The zero-order chi connectivity index (χ0) is 12.0. The first-order valence-electron chi connectivity index (χ1n) is 6.36. The summed E-state index contributed by atoms with van der Waals surface area (Å²) in [6.45, 7) is 10.1. The molecule has 0 amide bonds. The van der Waals surface area contributed by atoms with Gasteiger partial charge in [0.1, 0.15) is 0 Å². The quantitative estimate of drug-likeness (QED) is 0.818. The molecule has 1 fully saturated rings. The topological polar surface area (TPSA) is 15.3 Å². The fraction of sp³-hybridized carbons (Fsp3) is 0.846. The van der Waals surface area contributed by atoms with Gasteiger partial charge in [0.25, 0.3) is 0 Å². The second-order valence-corrected chi connectivity index (χ2v) is 5.49. The van der Waals surface area contributed by atoms with E-state index < -0.39 is 0 Å². The third-order valence-corrected chi connectivity index (χ3v) is 3.44. The number of nitrogens with zero attached hydrogens (tertiary/aromatic N) is 1. The number of halogens is 1. The fourth-order valence-corrected chi connectivity index (χ4v) is 2.44. The van der Waals surface area contributed by atoms with Crippen LogP contribution in [0.5, 0.6) is 0 Å². The van der Waals surface area contributed by atoms with Crippen LogP contribution in [0, 0.1) is 5.92 Å². The van der Waals surface area contributed by atoms with Crippen LogP contribution in [0.4, 0.5) is 0 Å². The van der Waals surface area contributed by atoms with Gasteiger partial charge in [-0.25, -0.2) is 0 Å². The first-order chi connectivity index (χ1) is 7.63. The van der Waals surface area contributed by atoms with Gasteiger partial charge in [-0.05, 0) is 32.2 Å². The first kappa shape index (κ1) is 14.0. The van der Waals surface area contributed by atoms with Gasteiger partial charge in [0, 0.05) is 30.7 Å². The highest BCUT2D eigenvalue weighted by Crippen LogP contribution is 2.13. The molecule has 2 unspecified atom stereocenters. The van der Waals surface area contributed by atoms with Crippen molar-refractivity contribution in [1.82, 2.24) is 10.2 Å². The molecule has 1 rings (SSSR count). The molecular weight excluding hydrogens is 220 g/mol. The van der Waals surface area contributed by atoms with Gasteiger partial charge < -0.3 is 5.32 Å². The van der Waals surface area contributed by atoms with Gasteiger partial charge in [0.05, 0.1) is 0 Å². The Morgan fingerprint density at radius 2 is 2.25 bits per heavy atom. The van der Waals surface area contributed by atoms with E-state index in [0.29, 0.717) is 12.1 Å². The molecular formula is C13H25ClN2. The molecule has 0 aromatic rings. The number of hydrogen-bond acceptors (Lipinski definition) is 2. The third kappa shape index (κ3) is 4.86. The molecule has 3 heteroatoms. The Kier molecular flexibility index (Phi) is 6.40. The van der Waals surface area contributed by atoms with E-state index in [0.717, 1.165) is 25.6 Å². The Balaban J connectivity index is 2.51. The van der Waals surface area contributed by atoms with E-state index >= 15 is 0 Å². The summed E-state index contributed by atoms with van der Waals surface area (Å²) in [5.41, 5.74) is 1.63. The van der Waals surface area contributed by atoms with Gasteiger partial charge in [0.15, 0.2) is 0 Å². The molecule has 0 saturated carbocycles. The van der Waals surface area contributed by atoms with Crippen molar-refractivity contribution in [1.29, 1.82) is 0 Å². The van der Waals surface area contributed by atoms with Gasteiger partial charge in [-0.15, -0.1) is 0 Å². The van der Waals surface area contributed by atoms with Crippen LogP contribution in [0.3, 0.4) is 0 Å². The molecule has 2 nitrogen and oxygen atoms in total. The molecule has 1 heterocycles. The van der Waals surface area contributed by atoms with Crippen LogP contribution < -0.4 is 5.32 Å². The molecule has 1 saturated heterocycles. The molecule has 0 aliphatic carbocycles. The highest BCUT2D eigenvalue weighted by molar-refractivity contribution is 6.25. The summed E-state index contributed by atoms with van der Waals surface area (Å²) in [6, 6.07) is 1.28. The molecule has 1 aliphatic rings. The number of hydrogen-bond donors (Lipinski definition) is 1. The highest BCUT2D eigenvalue weighted by atomic mass is 35.5. The summed E-state index contributed by atoms with van der Waals surface area (Å²) in [5.74, 6) is 0.760. The Morgan fingerprint density at radius 3 is 2.88 bits per heavy atom. The first-order valence-corrected chi connectivity index (χ1v) is 6.79. The van der Waals surface area contributed by atoms with Gasteiger partial charge in [-0.1, -0.05) is 31.5 Å². The van der Waals surface area contributed by atoms with Crippen molar-refractivity contribution in [3.8, 4) is 0 Å². The van der Waals surface area contributed by atoms with Crippen LogP contribution in [0.1, 0.15) is 33.6 Å². The maximum Gasteiger partial charge on any atom is 0.0197 e. The largest absolute Gasteiger partial charge is 0.313 e. The van der Waals surface area contributed by atoms with Crippen molar-refractivity contribution in [3.05, 3.63) is 11.6 Å². The molecule has 0 spiro atoms. The Bertz CT molecular complexity index is 216. The van der Waals surface area contributed by atoms with E-state index in [1.165, 1.54) is 12.8 Å². The lowest BCUT2D eigenvalue weighted by molar-refractivity contribution is 0.219. The van der Waals surface area contributed by atoms with Crippen molar-refractivity contribution >= 4 is 11.6 Å². The molecule has 0 bridgehead atoms. The minimum atomic E-state index is 0.633. The van der Waals surface area contributed by atoms with E-state index in [1.54, 1.807) is 5.54 Å². The minimum absolute atomic E-state index is 0.633. The number of nitrogens with one attached hydrogen (secondary N) is 1. The summed E-state index contributed by atoms with van der Waals surface area (Å²) >= 11 is 5.61. The van der Waals surface area contributed by atoms with Gasteiger partial charge >= 0.3 is 0 Å². The maximum absolute atomic E-state index is 5.61. The van der Waals surface area contributed by atoms with Crippen LogP contribution in [-0.2, 0) is 0 Å². The van der Waals surface area contributed by atoms with Crippen molar-refractivity contribution in [2.75, 3.05) is 19.6 Å². The minimum Gasteiger partial charge on any atom is -0.313 e. The second kappa shape index (κ2) is 7.31. The van der Waals surface area contributed by atoms with Crippen molar-refractivity contribution < 1.29 is 0 Å². The zero-order valence-corrected chi connectivity index (χ0v) is 11.5. The van der Waals surface area contributed by atoms with E-state index in [-0.39, 0.29) is 0 Å². The number of rotatable bonds is 4. The fourth-order valence-electron chi connectivity index (χ4n) is 2.36. The molecule has 94 valence electrons. The molecule has 0 aromatic heterocycles. The third-order valence-electron chi connectivity index (χ3n) is 3.26. The summed E-state index contributed by atoms with van der Waals surface area (Å²) in [5, 5.41) is 3.65. The Hall–Kier alpha value is -0.0500. The normalized spacial score (nSPS) is 28.8. The van der Waals surface area contributed by atoms with E-state index in [9.17, 15) is 0 Å². The average molecular weight is 245 g/mol. The maximum atomic E-state index is 5.61. The second-order valence-electron chi connectivity index (χ2n) is 5.23. The summed E-state index contributed by atoms with van der Waals surface area (Å²) in [4.78, 5) is 2.52. The molecule has 0 radical (unpaired) electrons. The Morgan fingerprint density at radius 1 is 1.50 bits per heavy atom. The van der Waals surface area contributed by atoms with E-state index in [1.807, 2.05) is 6.08 Å². The van der Waals surface area contributed by atoms with E-state index in [2.05, 4.69) is 31.0 Å². The molecule has 0 aromatic carbocycles. The van der Waals surface area contributed by atoms with Gasteiger partial charge in [-0.2, -0.15) is 0 Å². The van der Waals surface area contributed by atoms with Crippen LogP contribution in [-0.4, -0.2) is 36.6 Å². The molecule has 16 heavy (non-hydrogen) atoms. The van der Waals surface area contributed by atoms with E-state index in [4.69, 9.17) is 11.6 Å². The lowest BCUT2D eigenvalue weighted by Gasteiger charge is -2.28. The summed E-state index contributed by atoms with van der Waals surface area (Å²) in [7, 11) is 0. The van der Waals surface area contributed by atoms with Crippen LogP contribution >= 0.6 is 11.6 Å². The zero-order valence-electron chi connectivity index (χ0n) is 10.7. The molecule has 2 atom stereocenters. The smallest absolute Gasteiger partial charge is 0.0197 e. The van der Waals surface area contributed by atoms with Gasteiger partial charge in [0.2, 0.25) is 0 Å². The van der Waals surface area contributed by atoms with Gasteiger partial charge in [-0.3, -0.25) is 4.90 Å². The highest BCUT2D eigenvalue weighted by Gasteiger charge is 2.22. The van der Waals surface area contributed by atoms with Crippen molar-refractivity contribution in [3.63, 3.8) is 0 Å².